The summed E-state index contributed by atoms with van der Waals surface area (Å²) in [6.07, 6.45) is 2.31. The first-order chi connectivity index (χ1) is 9.48. The Bertz CT molecular complexity index is 476. The van der Waals surface area contributed by atoms with E-state index in [2.05, 4.69) is 0 Å². The van der Waals surface area contributed by atoms with Crippen LogP contribution in [-0.4, -0.2) is 49.4 Å². The Hall–Kier alpha value is -0.950. The van der Waals surface area contributed by atoms with Crippen LogP contribution in [0, 0.1) is 0 Å². The molecule has 0 amide bonds. The van der Waals surface area contributed by atoms with Crippen LogP contribution in [0.4, 0.5) is 0 Å². The predicted octanol–water partition coefficient (Wildman–Crippen LogP) is 1.46. The Balaban J connectivity index is 2.53. The lowest BCUT2D eigenvalue weighted by Gasteiger charge is -2.24. The Morgan fingerprint density at radius 3 is 2.25 bits per heavy atom. The van der Waals surface area contributed by atoms with Crippen LogP contribution in [0.5, 0.6) is 0 Å². The van der Waals surface area contributed by atoms with Crippen molar-refractivity contribution in [3.05, 3.63) is 35.9 Å². The molecule has 0 heterocycles. The summed E-state index contributed by atoms with van der Waals surface area (Å²) < 4.78 is 27.3. The standard InChI is InChI=1S/C14H24N2O3S/c1-15(11-7-4-8-12-17)20(18,19)16(2)13-14-9-5-3-6-10-14/h3,5-6,9-10,17H,4,7-8,11-13H2,1-2H3. The van der Waals surface area contributed by atoms with Gasteiger partial charge >= 0.3 is 0 Å². The van der Waals surface area contributed by atoms with Crippen molar-refractivity contribution in [1.82, 2.24) is 8.61 Å². The number of aliphatic hydroxyl groups excluding tert-OH is 1. The summed E-state index contributed by atoms with van der Waals surface area (Å²) in [5.74, 6) is 0. The summed E-state index contributed by atoms with van der Waals surface area (Å²) in [5, 5.41) is 8.70. The smallest absolute Gasteiger partial charge is 0.281 e. The maximum Gasteiger partial charge on any atom is 0.281 e. The highest BCUT2D eigenvalue weighted by Gasteiger charge is 2.23. The molecule has 0 unspecified atom stereocenters. The number of unbranched alkanes of at least 4 members (excludes halogenated alkanes) is 2. The first-order valence-electron chi connectivity index (χ1n) is 6.81. The molecule has 1 aromatic carbocycles. The maximum absolute atomic E-state index is 12.3. The molecule has 1 N–H and O–H groups in total. The van der Waals surface area contributed by atoms with Crippen LogP contribution in [0.15, 0.2) is 30.3 Å². The van der Waals surface area contributed by atoms with Crippen LogP contribution in [0.1, 0.15) is 24.8 Å². The van der Waals surface area contributed by atoms with Gasteiger partial charge in [0.15, 0.2) is 0 Å². The maximum atomic E-state index is 12.3. The van der Waals surface area contributed by atoms with E-state index in [0.717, 1.165) is 18.4 Å². The van der Waals surface area contributed by atoms with Crippen molar-refractivity contribution in [1.29, 1.82) is 0 Å². The van der Waals surface area contributed by atoms with Crippen molar-refractivity contribution in [2.24, 2.45) is 0 Å². The van der Waals surface area contributed by atoms with Crippen molar-refractivity contribution < 1.29 is 13.5 Å². The topological polar surface area (TPSA) is 60.9 Å². The van der Waals surface area contributed by atoms with Crippen LogP contribution in [0.2, 0.25) is 0 Å². The summed E-state index contributed by atoms with van der Waals surface area (Å²) in [7, 11) is -0.237. The second kappa shape index (κ2) is 8.36. The SMILES string of the molecule is CN(CCCCCO)S(=O)(=O)N(C)Cc1ccccc1. The molecular formula is C14H24N2O3S. The quantitative estimate of drug-likeness (QED) is 0.702. The zero-order valence-corrected chi connectivity index (χ0v) is 13.0. The van der Waals surface area contributed by atoms with Crippen molar-refractivity contribution in [3.8, 4) is 0 Å². The third-order valence-electron chi connectivity index (χ3n) is 3.17. The Morgan fingerprint density at radius 1 is 1.00 bits per heavy atom. The van der Waals surface area contributed by atoms with E-state index in [1.54, 1.807) is 14.1 Å². The van der Waals surface area contributed by atoms with E-state index in [1.165, 1.54) is 8.61 Å². The van der Waals surface area contributed by atoms with Gasteiger partial charge in [0.2, 0.25) is 0 Å². The van der Waals surface area contributed by atoms with Crippen LogP contribution in [-0.2, 0) is 16.8 Å². The van der Waals surface area contributed by atoms with Gasteiger partial charge < -0.3 is 5.11 Å². The molecule has 0 atom stereocenters. The molecule has 0 saturated carbocycles. The van der Waals surface area contributed by atoms with Crippen molar-refractivity contribution in [2.75, 3.05) is 27.2 Å². The van der Waals surface area contributed by atoms with Crippen molar-refractivity contribution in [2.45, 2.75) is 25.8 Å². The summed E-state index contributed by atoms with van der Waals surface area (Å²) in [4.78, 5) is 0. The number of aliphatic hydroxyl groups is 1. The molecule has 0 aliphatic carbocycles. The van der Waals surface area contributed by atoms with Gasteiger partial charge in [0.25, 0.3) is 10.2 Å². The van der Waals surface area contributed by atoms with Crippen LogP contribution < -0.4 is 0 Å². The first kappa shape index (κ1) is 17.1. The molecule has 0 saturated heterocycles. The van der Waals surface area contributed by atoms with E-state index < -0.39 is 10.2 Å². The molecule has 20 heavy (non-hydrogen) atoms. The fraction of sp³-hybridized carbons (Fsp3) is 0.571. The van der Waals surface area contributed by atoms with Gasteiger partial charge in [-0.25, -0.2) is 0 Å². The molecule has 5 nitrogen and oxygen atoms in total. The summed E-state index contributed by atoms with van der Waals surface area (Å²) in [5.41, 5.74) is 0.965. The molecule has 114 valence electrons. The normalized spacial score (nSPS) is 12.2. The highest BCUT2D eigenvalue weighted by molar-refractivity contribution is 7.86. The fourth-order valence-corrected chi connectivity index (χ4v) is 3.05. The average Bonchev–Trinajstić information content (AvgIpc) is 2.44. The minimum Gasteiger partial charge on any atom is -0.396 e. The number of benzene rings is 1. The minimum absolute atomic E-state index is 0.157. The number of rotatable bonds is 9. The molecule has 6 heteroatoms. The molecule has 0 spiro atoms. The van der Waals surface area contributed by atoms with Crippen LogP contribution >= 0.6 is 0 Å². The molecule has 0 radical (unpaired) electrons. The van der Waals surface area contributed by atoms with Gasteiger partial charge in [-0.05, 0) is 24.8 Å². The third kappa shape index (κ3) is 5.20. The van der Waals surface area contributed by atoms with E-state index in [-0.39, 0.29) is 6.61 Å². The lowest BCUT2D eigenvalue weighted by molar-refractivity contribution is 0.280. The average molecular weight is 300 g/mol. The van der Waals surface area contributed by atoms with Crippen molar-refractivity contribution in [3.63, 3.8) is 0 Å². The Labute approximate surface area is 122 Å². The zero-order chi connectivity index (χ0) is 15.0. The summed E-state index contributed by atoms with van der Waals surface area (Å²) in [6.45, 7) is 0.996. The van der Waals surface area contributed by atoms with Gasteiger partial charge in [-0.2, -0.15) is 17.0 Å². The monoisotopic (exact) mass is 300 g/mol. The highest BCUT2D eigenvalue weighted by Crippen LogP contribution is 2.11. The van der Waals surface area contributed by atoms with Gasteiger partial charge in [0.1, 0.15) is 0 Å². The lowest BCUT2D eigenvalue weighted by Crippen LogP contribution is -2.39. The largest absolute Gasteiger partial charge is 0.396 e. The highest BCUT2D eigenvalue weighted by atomic mass is 32.2. The van der Waals surface area contributed by atoms with Gasteiger partial charge in [-0.1, -0.05) is 30.3 Å². The Kier molecular flexibility index (Phi) is 7.15. The van der Waals surface area contributed by atoms with E-state index in [4.69, 9.17) is 5.11 Å². The number of hydrogen-bond acceptors (Lipinski definition) is 3. The van der Waals surface area contributed by atoms with E-state index in [9.17, 15) is 8.42 Å². The molecule has 1 aromatic rings. The number of hydrogen-bond donors (Lipinski definition) is 1. The summed E-state index contributed by atoms with van der Waals surface area (Å²) in [6, 6.07) is 9.52. The molecule has 0 aliphatic rings. The molecule has 1 rings (SSSR count). The second-order valence-corrected chi connectivity index (χ2v) is 7.00. The molecule has 0 bridgehead atoms. The third-order valence-corrected chi connectivity index (χ3v) is 5.05. The zero-order valence-electron chi connectivity index (χ0n) is 12.2. The molecule has 0 aromatic heterocycles. The van der Waals surface area contributed by atoms with Gasteiger partial charge in [-0.15, -0.1) is 0 Å². The Morgan fingerprint density at radius 2 is 1.65 bits per heavy atom. The second-order valence-electron chi connectivity index (χ2n) is 4.86. The van der Waals surface area contributed by atoms with E-state index in [1.807, 2.05) is 30.3 Å². The lowest BCUT2D eigenvalue weighted by atomic mass is 10.2. The predicted molar refractivity (Wildman–Crippen MR) is 80.4 cm³/mol. The van der Waals surface area contributed by atoms with Crippen LogP contribution in [0.3, 0.4) is 0 Å². The van der Waals surface area contributed by atoms with Gasteiger partial charge in [0, 0.05) is 33.8 Å². The van der Waals surface area contributed by atoms with Gasteiger partial charge in [-0.3, -0.25) is 0 Å². The molecule has 0 fully saturated rings. The number of nitrogens with zero attached hydrogens (tertiary/aromatic N) is 2. The first-order valence-corrected chi connectivity index (χ1v) is 8.20. The molecule has 0 aliphatic heterocycles. The summed E-state index contributed by atoms with van der Waals surface area (Å²) >= 11 is 0. The molecular weight excluding hydrogens is 276 g/mol. The fourth-order valence-electron chi connectivity index (χ4n) is 1.90. The van der Waals surface area contributed by atoms with Crippen molar-refractivity contribution >= 4 is 10.2 Å². The van der Waals surface area contributed by atoms with Crippen LogP contribution in [0.25, 0.3) is 0 Å². The van der Waals surface area contributed by atoms with E-state index >= 15 is 0 Å². The van der Waals surface area contributed by atoms with Gasteiger partial charge in [0.05, 0.1) is 0 Å². The van der Waals surface area contributed by atoms with E-state index in [0.29, 0.717) is 19.5 Å². The minimum atomic E-state index is -3.42.